The van der Waals surface area contributed by atoms with E-state index in [0.717, 1.165) is 17.1 Å². The highest BCUT2D eigenvalue weighted by atomic mass is 15.5. The van der Waals surface area contributed by atoms with Crippen molar-refractivity contribution in [3.8, 4) is 0 Å². The zero-order valence-electron chi connectivity index (χ0n) is 12.6. The minimum atomic E-state index is 0.280. The number of para-hydroxylation sites is 1. The van der Waals surface area contributed by atoms with E-state index in [1.807, 2.05) is 73.6 Å². The summed E-state index contributed by atoms with van der Waals surface area (Å²) in [6, 6.07) is 17.5. The van der Waals surface area contributed by atoms with Crippen LogP contribution in [0.1, 0.15) is 0 Å². The van der Waals surface area contributed by atoms with Crippen LogP contribution in [0.15, 0.2) is 64.7 Å². The molecule has 0 amide bonds. The van der Waals surface area contributed by atoms with Gasteiger partial charge in [-0.2, -0.15) is 5.10 Å². The highest BCUT2D eigenvalue weighted by molar-refractivity contribution is 6.67. The maximum absolute atomic E-state index is 8.22. The van der Waals surface area contributed by atoms with Gasteiger partial charge in [0.2, 0.25) is 0 Å². The molecule has 1 aliphatic heterocycles. The second kappa shape index (κ2) is 5.81. The number of hydrazone groups is 1. The van der Waals surface area contributed by atoms with Gasteiger partial charge in [-0.25, -0.2) is 10.0 Å². The van der Waals surface area contributed by atoms with Crippen molar-refractivity contribution in [2.75, 3.05) is 24.0 Å². The summed E-state index contributed by atoms with van der Waals surface area (Å²) in [5, 5.41) is 14.1. The lowest BCUT2D eigenvalue weighted by Gasteiger charge is -2.13. The third kappa shape index (κ3) is 2.74. The number of aliphatic imine (C=N–C) groups is 1. The zero-order chi connectivity index (χ0) is 15.5. The number of rotatable bonds is 3. The summed E-state index contributed by atoms with van der Waals surface area (Å²) in [7, 11) is 4.00. The van der Waals surface area contributed by atoms with Crippen molar-refractivity contribution in [1.82, 2.24) is 0 Å². The predicted molar refractivity (Wildman–Crippen MR) is 93.0 cm³/mol. The maximum atomic E-state index is 8.22. The van der Waals surface area contributed by atoms with Crippen molar-refractivity contribution >= 4 is 34.8 Å². The molecule has 1 heterocycles. The summed E-state index contributed by atoms with van der Waals surface area (Å²) < 4.78 is 0. The molecule has 0 fully saturated rings. The SMILES string of the molecule is CN(C)c1ccc(N=C2C=NN(c3ccccc3)C2=N)cc1. The van der Waals surface area contributed by atoms with Crippen LogP contribution in [0.25, 0.3) is 0 Å². The van der Waals surface area contributed by atoms with E-state index < -0.39 is 0 Å². The van der Waals surface area contributed by atoms with Crippen LogP contribution in [0.5, 0.6) is 0 Å². The van der Waals surface area contributed by atoms with Crippen LogP contribution in [-0.4, -0.2) is 31.9 Å². The molecular formula is C17H17N5. The molecule has 0 spiro atoms. The Balaban J connectivity index is 1.82. The van der Waals surface area contributed by atoms with Crippen molar-refractivity contribution in [3.63, 3.8) is 0 Å². The Labute approximate surface area is 129 Å². The van der Waals surface area contributed by atoms with E-state index in [1.165, 1.54) is 0 Å². The van der Waals surface area contributed by atoms with E-state index in [-0.39, 0.29) is 5.84 Å². The standard InChI is InChI=1S/C17H17N5/c1-21(2)14-10-8-13(9-11-14)20-16-12-19-22(17(16)18)15-6-4-3-5-7-15/h3-12,18H,1-2H3. The molecule has 0 bridgehead atoms. The molecule has 0 saturated carbocycles. The molecule has 0 saturated heterocycles. The molecule has 5 nitrogen and oxygen atoms in total. The Morgan fingerprint density at radius 1 is 1.00 bits per heavy atom. The van der Waals surface area contributed by atoms with Gasteiger partial charge >= 0.3 is 0 Å². The van der Waals surface area contributed by atoms with Crippen molar-refractivity contribution in [2.24, 2.45) is 10.1 Å². The first-order valence-electron chi connectivity index (χ1n) is 6.99. The first-order valence-corrected chi connectivity index (χ1v) is 6.99. The van der Waals surface area contributed by atoms with Gasteiger partial charge < -0.3 is 4.90 Å². The van der Waals surface area contributed by atoms with Gasteiger partial charge in [0.25, 0.3) is 0 Å². The molecule has 22 heavy (non-hydrogen) atoms. The number of hydrogen-bond donors (Lipinski definition) is 1. The summed E-state index contributed by atoms with van der Waals surface area (Å²) in [6.07, 6.45) is 1.62. The minimum absolute atomic E-state index is 0.280. The number of anilines is 2. The Bertz CT molecular complexity index is 729. The van der Waals surface area contributed by atoms with Crippen LogP contribution in [0.3, 0.4) is 0 Å². The maximum Gasteiger partial charge on any atom is 0.174 e. The Hall–Kier alpha value is -2.95. The molecule has 1 N–H and O–H groups in total. The Kier molecular flexibility index (Phi) is 3.70. The van der Waals surface area contributed by atoms with Gasteiger partial charge in [-0.3, -0.25) is 5.41 Å². The molecule has 0 radical (unpaired) electrons. The fraction of sp³-hybridized carbons (Fsp3) is 0.118. The number of nitrogens with zero attached hydrogens (tertiary/aromatic N) is 4. The lowest BCUT2D eigenvalue weighted by molar-refractivity contribution is 1.13. The van der Waals surface area contributed by atoms with Crippen LogP contribution < -0.4 is 9.91 Å². The summed E-state index contributed by atoms with van der Waals surface area (Å²) in [4.78, 5) is 6.53. The van der Waals surface area contributed by atoms with Crippen LogP contribution in [0, 0.1) is 5.41 Å². The summed E-state index contributed by atoms with van der Waals surface area (Å²) in [5.74, 6) is 0.280. The Morgan fingerprint density at radius 3 is 2.32 bits per heavy atom. The predicted octanol–water partition coefficient (Wildman–Crippen LogP) is 3.31. The molecule has 0 aromatic heterocycles. The largest absolute Gasteiger partial charge is 0.378 e. The third-order valence-electron chi connectivity index (χ3n) is 3.37. The smallest absolute Gasteiger partial charge is 0.174 e. The van der Waals surface area contributed by atoms with E-state index >= 15 is 0 Å². The molecule has 1 aliphatic rings. The molecule has 0 atom stereocenters. The molecule has 5 heteroatoms. The third-order valence-corrected chi connectivity index (χ3v) is 3.37. The number of benzene rings is 2. The molecule has 3 rings (SSSR count). The molecule has 110 valence electrons. The number of nitrogens with one attached hydrogen (secondary N) is 1. The van der Waals surface area contributed by atoms with E-state index in [9.17, 15) is 0 Å². The monoisotopic (exact) mass is 291 g/mol. The quantitative estimate of drug-likeness (QED) is 0.943. The van der Waals surface area contributed by atoms with Gasteiger partial charge in [0.05, 0.1) is 17.6 Å². The second-order valence-electron chi connectivity index (χ2n) is 5.15. The van der Waals surface area contributed by atoms with Crippen LogP contribution in [-0.2, 0) is 0 Å². The first kappa shape index (κ1) is 14.0. The first-order chi connectivity index (χ1) is 10.6. The van der Waals surface area contributed by atoms with Gasteiger partial charge in [0.15, 0.2) is 5.84 Å². The van der Waals surface area contributed by atoms with E-state index in [2.05, 4.69) is 10.1 Å². The van der Waals surface area contributed by atoms with Gasteiger partial charge in [0, 0.05) is 19.8 Å². The van der Waals surface area contributed by atoms with Gasteiger partial charge in [0.1, 0.15) is 5.71 Å². The average Bonchev–Trinajstić information content (AvgIpc) is 2.90. The lowest BCUT2D eigenvalue weighted by Crippen LogP contribution is -2.25. The highest BCUT2D eigenvalue weighted by Gasteiger charge is 2.21. The zero-order valence-corrected chi connectivity index (χ0v) is 12.6. The van der Waals surface area contributed by atoms with Gasteiger partial charge in [-0.15, -0.1) is 0 Å². The fourth-order valence-corrected chi connectivity index (χ4v) is 2.15. The number of hydrogen-bond acceptors (Lipinski definition) is 4. The summed E-state index contributed by atoms with van der Waals surface area (Å²) >= 11 is 0. The van der Waals surface area contributed by atoms with Crippen molar-refractivity contribution in [1.29, 1.82) is 5.41 Å². The Morgan fingerprint density at radius 2 is 1.68 bits per heavy atom. The normalized spacial score (nSPS) is 15.6. The topological polar surface area (TPSA) is 55.1 Å². The van der Waals surface area contributed by atoms with Crippen molar-refractivity contribution in [3.05, 3.63) is 54.6 Å². The van der Waals surface area contributed by atoms with Crippen LogP contribution in [0.2, 0.25) is 0 Å². The molecular weight excluding hydrogens is 274 g/mol. The van der Waals surface area contributed by atoms with E-state index in [4.69, 9.17) is 5.41 Å². The van der Waals surface area contributed by atoms with Gasteiger partial charge in [-0.05, 0) is 36.4 Å². The molecule has 0 aliphatic carbocycles. The van der Waals surface area contributed by atoms with E-state index in [1.54, 1.807) is 11.2 Å². The highest BCUT2D eigenvalue weighted by Crippen LogP contribution is 2.21. The van der Waals surface area contributed by atoms with Crippen LogP contribution in [0.4, 0.5) is 17.1 Å². The number of amidine groups is 1. The lowest BCUT2D eigenvalue weighted by atomic mass is 10.2. The van der Waals surface area contributed by atoms with Gasteiger partial charge in [-0.1, -0.05) is 18.2 Å². The summed E-state index contributed by atoms with van der Waals surface area (Å²) in [5.41, 5.74) is 3.34. The average molecular weight is 291 g/mol. The second-order valence-corrected chi connectivity index (χ2v) is 5.15. The van der Waals surface area contributed by atoms with Crippen LogP contribution >= 0.6 is 0 Å². The minimum Gasteiger partial charge on any atom is -0.378 e. The fourth-order valence-electron chi connectivity index (χ4n) is 2.15. The van der Waals surface area contributed by atoms with Crippen molar-refractivity contribution in [2.45, 2.75) is 0 Å². The molecule has 2 aromatic rings. The summed E-state index contributed by atoms with van der Waals surface area (Å²) in [6.45, 7) is 0. The molecule has 0 unspecified atom stereocenters. The van der Waals surface area contributed by atoms with Crippen molar-refractivity contribution < 1.29 is 0 Å². The molecule has 2 aromatic carbocycles. The van der Waals surface area contributed by atoms with E-state index in [0.29, 0.717) is 5.71 Å².